The summed E-state index contributed by atoms with van der Waals surface area (Å²) in [5.74, 6) is 0. The minimum atomic E-state index is -2.96. The summed E-state index contributed by atoms with van der Waals surface area (Å²) in [6.45, 7) is -0.616. The van der Waals surface area contributed by atoms with Crippen molar-refractivity contribution in [2.75, 3.05) is 18.5 Å². The number of aliphatic hydroxyl groups is 4. The van der Waals surface area contributed by atoms with E-state index in [9.17, 15) is 19.5 Å². The molecule has 0 radical (unpaired) electrons. The molecule has 22 heavy (non-hydrogen) atoms. The highest BCUT2D eigenvalue weighted by Crippen LogP contribution is 2.30. The number of hydrogen-bond acceptors (Lipinski definition) is 9. The molecule has 0 aliphatic carbocycles. The standard InChI is InChI=1S/C12H23NO7S2/c1-22(19)5-3-2-4-8(13-18)21-12-11(17)10(16)9(15)7(6-14)20-12/h7,9-12,14-18H,2-6H2,1H3/b13-8-/t7-,9-,10+,11-,12+,22?/m1/s1/i1D3,5D2. The van der Waals surface area contributed by atoms with Crippen molar-refractivity contribution in [3.63, 3.8) is 0 Å². The second-order valence-corrected chi connectivity index (χ2v) is 6.57. The summed E-state index contributed by atoms with van der Waals surface area (Å²) in [4.78, 5) is 0. The van der Waals surface area contributed by atoms with E-state index in [1.54, 1.807) is 0 Å². The van der Waals surface area contributed by atoms with Crippen LogP contribution in [0.5, 0.6) is 0 Å². The zero-order chi connectivity index (χ0) is 21.0. The molecular formula is C12H23NO7S2. The van der Waals surface area contributed by atoms with E-state index in [1.807, 2.05) is 0 Å². The van der Waals surface area contributed by atoms with Crippen LogP contribution in [0, 0.1) is 0 Å². The fraction of sp³-hybridized carbons (Fsp3) is 0.917. The number of thioether (sulfide) groups is 1. The van der Waals surface area contributed by atoms with Crippen molar-refractivity contribution in [3.8, 4) is 0 Å². The highest BCUT2D eigenvalue weighted by molar-refractivity contribution is 8.14. The first-order chi connectivity index (χ1) is 12.3. The van der Waals surface area contributed by atoms with Crippen molar-refractivity contribution in [1.29, 1.82) is 0 Å². The van der Waals surface area contributed by atoms with E-state index in [1.165, 1.54) is 0 Å². The summed E-state index contributed by atoms with van der Waals surface area (Å²) in [7, 11) is -2.72. The van der Waals surface area contributed by atoms with Crippen LogP contribution in [-0.4, -0.2) is 83.2 Å². The average Bonchev–Trinajstić information content (AvgIpc) is 2.59. The van der Waals surface area contributed by atoms with Gasteiger partial charge in [-0.05, 0) is 19.3 Å². The first kappa shape index (κ1) is 13.1. The van der Waals surface area contributed by atoms with E-state index in [2.05, 4.69) is 5.16 Å². The lowest BCUT2D eigenvalue weighted by molar-refractivity contribution is -0.205. The molecule has 5 N–H and O–H groups in total. The molecule has 1 heterocycles. The monoisotopic (exact) mass is 362 g/mol. The molecule has 1 fully saturated rings. The first-order valence-corrected chi connectivity index (χ1v) is 8.48. The van der Waals surface area contributed by atoms with Gasteiger partial charge < -0.3 is 30.4 Å². The maximum atomic E-state index is 11.7. The average molecular weight is 362 g/mol. The van der Waals surface area contributed by atoms with Crippen LogP contribution >= 0.6 is 11.8 Å². The highest BCUT2D eigenvalue weighted by atomic mass is 32.2. The number of hydrogen-bond donors (Lipinski definition) is 5. The third kappa shape index (κ3) is 5.76. The van der Waals surface area contributed by atoms with Crippen LogP contribution in [0.2, 0.25) is 0 Å². The van der Waals surface area contributed by atoms with E-state index in [-0.39, 0.29) is 24.3 Å². The molecule has 8 nitrogen and oxygen atoms in total. The molecule has 1 unspecified atom stereocenters. The van der Waals surface area contributed by atoms with Crippen LogP contribution in [-0.2, 0) is 15.5 Å². The molecule has 1 rings (SSSR count). The van der Waals surface area contributed by atoms with Gasteiger partial charge >= 0.3 is 0 Å². The molecule has 6 atom stereocenters. The van der Waals surface area contributed by atoms with E-state index >= 15 is 0 Å². The second kappa shape index (κ2) is 9.81. The third-order valence-electron chi connectivity index (χ3n) is 3.01. The van der Waals surface area contributed by atoms with Crippen LogP contribution in [0.3, 0.4) is 0 Å². The van der Waals surface area contributed by atoms with Gasteiger partial charge in [-0.25, -0.2) is 0 Å². The van der Waals surface area contributed by atoms with Gasteiger partial charge in [-0.15, -0.1) is 0 Å². The molecule has 1 aliphatic rings. The maximum Gasteiger partial charge on any atom is 0.138 e. The number of nitrogens with zero attached hydrogens (tertiary/aromatic N) is 1. The van der Waals surface area contributed by atoms with Crippen molar-refractivity contribution in [1.82, 2.24) is 0 Å². The van der Waals surface area contributed by atoms with Gasteiger partial charge in [-0.2, -0.15) is 0 Å². The lowest BCUT2D eigenvalue weighted by atomic mass is 10.0. The molecule has 0 spiro atoms. The van der Waals surface area contributed by atoms with E-state index in [0.29, 0.717) is 11.8 Å². The predicted octanol–water partition coefficient (Wildman–Crippen LogP) is -1.14. The topological polar surface area (TPSA) is 140 Å². The van der Waals surface area contributed by atoms with Crippen LogP contribution in [0.15, 0.2) is 5.16 Å². The summed E-state index contributed by atoms with van der Waals surface area (Å²) in [5, 5.41) is 50.6. The molecule has 0 aromatic rings. The quantitative estimate of drug-likeness (QED) is 0.166. The number of aliphatic hydroxyl groups excluding tert-OH is 4. The fourth-order valence-electron chi connectivity index (χ4n) is 1.84. The molecule has 1 saturated heterocycles. The normalized spacial score (nSPS) is 39.2. The third-order valence-corrected chi connectivity index (χ3v) is 4.66. The summed E-state index contributed by atoms with van der Waals surface area (Å²) in [6, 6.07) is 0. The molecule has 0 amide bonds. The van der Waals surface area contributed by atoms with Crippen LogP contribution in [0.25, 0.3) is 0 Å². The minimum Gasteiger partial charge on any atom is -0.410 e. The molecule has 0 aromatic heterocycles. The Bertz CT molecular complexity index is 549. The van der Waals surface area contributed by atoms with Gasteiger partial charge in [-0.3, -0.25) is 4.21 Å². The second-order valence-electron chi connectivity index (χ2n) is 4.58. The van der Waals surface area contributed by atoms with Gasteiger partial charge in [0.05, 0.1) is 6.61 Å². The van der Waals surface area contributed by atoms with Gasteiger partial charge in [0, 0.05) is 29.5 Å². The Morgan fingerprint density at radius 1 is 1.36 bits per heavy atom. The summed E-state index contributed by atoms with van der Waals surface area (Å²) in [6.07, 6.45) is -9.19. The summed E-state index contributed by atoms with van der Waals surface area (Å²) in [5.41, 5.74) is -3.64. The van der Waals surface area contributed by atoms with Gasteiger partial charge in [0.1, 0.15) is 34.9 Å². The van der Waals surface area contributed by atoms with Gasteiger partial charge in [0.2, 0.25) is 0 Å². The van der Waals surface area contributed by atoms with Gasteiger partial charge in [-0.1, -0.05) is 16.9 Å². The van der Waals surface area contributed by atoms with E-state index < -0.39 is 59.1 Å². The lowest BCUT2D eigenvalue weighted by Crippen LogP contribution is -2.57. The van der Waals surface area contributed by atoms with Crippen LogP contribution in [0.4, 0.5) is 0 Å². The fourth-order valence-corrected chi connectivity index (χ4v) is 3.24. The zero-order valence-corrected chi connectivity index (χ0v) is 13.2. The number of oxime groups is 1. The van der Waals surface area contributed by atoms with Crippen LogP contribution < -0.4 is 0 Å². The first-order valence-electron chi connectivity index (χ1n) is 8.95. The summed E-state index contributed by atoms with van der Waals surface area (Å²) < 4.78 is 53.3. The lowest BCUT2D eigenvalue weighted by Gasteiger charge is -2.39. The SMILES string of the molecule is [2H]C([2H])([2H])S(=O)C([2H])([2H])CCC/C(=N/O)S[C@@H]1O[C@H](CO)[C@@H](O)[C@H](O)[C@H]1O. The number of ether oxygens (including phenoxy) is 1. The molecule has 0 aromatic carbocycles. The molecule has 10 heteroatoms. The Morgan fingerprint density at radius 2 is 2.09 bits per heavy atom. The molecular weight excluding hydrogens is 334 g/mol. The molecule has 0 bridgehead atoms. The Morgan fingerprint density at radius 3 is 2.68 bits per heavy atom. The van der Waals surface area contributed by atoms with Gasteiger partial charge in [0.15, 0.2) is 0 Å². The Hall–Kier alpha value is -0.230. The predicted molar refractivity (Wildman–Crippen MR) is 83.4 cm³/mol. The number of rotatable bonds is 7. The molecule has 1 aliphatic heterocycles. The van der Waals surface area contributed by atoms with Crippen molar-refractivity contribution >= 4 is 27.6 Å². The van der Waals surface area contributed by atoms with Crippen molar-refractivity contribution in [3.05, 3.63) is 0 Å². The summed E-state index contributed by atoms with van der Waals surface area (Å²) >= 11 is 0.699. The maximum absolute atomic E-state index is 11.7. The Kier molecular flexibility index (Phi) is 5.84. The largest absolute Gasteiger partial charge is 0.410 e. The van der Waals surface area contributed by atoms with Crippen molar-refractivity contribution in [2.24, 2.45) is 5.16 Å². The van der Waals surface area contributed by atoms with Gasteiger partial charge in [0.25, 0.3) is 0 Å². The Balaban J connectivity index is 2.64. The molecule has 0 saturated carbocycles. The van der Waals surface area contributed by atoms with Crippen molar-refractivity contribution in [2.45, 2.75) is 49.1 Å². The van der Waals surface area contributed by atoms with Crippen LogP contribution in [0.1, 0.15) is 26.1 Å². The van der Waals surface area contributed by atoms with E-state index in [0.717, 1.165) is 0 Å². The zero-order valence-electron chi connectivity index (χ0n) is 16.5. The van der Waals surface area contributed by atoms with Crippen molar-refractivity contribution < 1.29 is 41.4 Å². The van der Waals surface area contributed by atoms with E-state index in [4.69, 9.17) is 21.9 Å². The molecule has 130 valence electrons. The smallest absolute Gasteiger partial charge is 0.138 e. The highest BCUT2D eigenvalue weighted by Gasteiger charge is 2.44. The minimum absolute atomic E-state index is 0.0152. The Labute approximate surface area is 142 Å².